The average molecular weight is 468 g/mol. The molecule has 5 nitrogen and oxygen atoms in total. The predicted molar refractivity (Wildman–Crippen MR) is 106 cm³/mol. The highest BCUT2D eigenvalue weighted by atomic mass is 79.9. The molecule has 1 heterocycles. The number of anilines is 1. The van der Waals surface area contributed by atoms with Gasteiger partial charge in [0.05, 0.1) is 5.69 Å². The van der Waals surface area contributed by atoms with Gasteiger partial charge >= 0.3 is 0 Å². The number of benzene rings is 2. The van der Waals surface area contributed by atoms with Crippen LogP contribution in [0.4, 0.5) is 5.69 Å². The second-order valence-corrected chi connectivity index (χ2v) is 7.70. The fourth-order valence-corrected chi connectivity index (χ4v) is 3.26. The lowest BCUT2D eigenvalue weighted by molar-refractivity contribution is -0.114. The van der Waals surface area contributed by atoms with E-state index < -0.39 is 0 Å². The van der Waals surface area contributed by atoms with Crippen LogP contribution in [0, 0.1) is 0 Å². The maximum atomic E-state index is 11.9. The summed E-state index contributed by atoms with van der Waals surface area (Å²) in [7, 11) is 0. The molecule has 2 N–H and O–H groups in total. The van der Waals surface area contributed by atoms with Gasteiger partial charge in [-0.15, -0.1) is 11.8 Å². The number of nitrogens with one attached hydrogen (secondary N) is 2. The van der Waals surface area contributed by atoms with Crippen LogP contribution >= 0.6 is 43.6 Å². The molecule has 0 aromatic heterocycles. The maximum absolute atomic E-state index is 11.9. The van der Waals surface area contributed by atoms with Crippen molar-refractivity contribution in [1.82, 2.24) is 5.43 Å². The number of carbonyl (C=O) groups excluding carboxylic acids is 1. The number of amides is 1. The highest BCUT2D eigenvalue weighted by Gasteiger charge is 2.24. The molecule has 1 aliphatic rings. The fraction of sp³-hybridized carbons (Fsp3) is 0.0625. The minimum Gasteiger partial charge on any atom is -0.278 e. The van der Waals surface area contributed by atoms with Gasteiger partial charge in [0.2, 0.25) is 0 Å². The highest BCUT2D eigenvalue weighted by molar-refractivity contribution is 9.10. The van der Waals surface area contributed by atoms with Gasteiger partial charge in [0.25, 0.3) is 5.91 Å². The monoisotopic (exact) mass is 466 g/mol. The third-order valence-corrected chi connectivity index (χ3v) is 5.19. The Balaban J connectivity index is 1.66. The molecule has 0 bridgehead atoms. The first-order valence-corrected chi connectivity index (χ1v) is 9.54. The predicted octanol–water partition coefficient (Wildman–Crippen LogP) is 4.26. The summed E-state index contributed by atoms with van der Waals surface area (Å²) in [5, 5.41) is 8.27. The average Bonchev–Trinajstić information content (AvgIpc) is 2.94. The summed E-state index contributed by atoms with van der Waals surface area (Å²) in [6, 6.07) is 15.5. The lowest BCUT2D eigenvalue weighted by Gasteiger charge is -2.04. The number of hydrogen-bond acceptors (Lipinski definition) is 5. The van der Waals surface area contributed by atoms with Gasteiger partial charge in [-0.05, 0) is 48.5 Å². The van der Waals surface area contributed by atoms with Crippen LogP contribution in [0.1, 0.15) is 0 Å². The van der Waals surface area contributed by atoms with E-state index in [1.165, 1.54) is 0 Å². The van der Waals surface area contributed by atoms with Crippen LogP contribution in [0.25, 0.3) is 0 Å². The van der Waals surface area contributed by atoms with E-state index in [0.717, 1.165) is 19.5 Å². The van der Waals surface area contributed by atoms with Gasteiger partial charge in [-0.25, -0.2) is 5.43 Å². The van der Waals surface area contributed by atoms with Gasteiger partial charge in [-0.1, -0.05) is 31.9 Å². The zero-order valence-electron chi connectivity index (χ0n) is 12.3. The molecule has 1 amide bonds. The van der Waals surface area contributed by atoms with Crippen molar-refractivity contribution in [1.29, 1.82) is 0 Å². The molecule has 0 unspecified atom stereocenters. The van der Waals surface area contributed by atoms with Crippen molar-refractivity contribution in [3.05, 3.63) is 57.5 Å². The van der Waals surface area contributed by atoms with Crippen LogP contribution in [-0.4, -0.2) is 23.1 Å². The number of carbonyl (C=O) groups is 1. The number of nitrogens with zero attached hydrogens (tertiary/aromatic N) is 2. The summed E-state index contributed by atoms with van der Waals surface area (Å²) in [6.07, 6.45) is 0. The summed E-state index contributed by atoms with van der Waals surface area (Å²) in [6.45, 7) is 0. The molecule has 0 aliphatic carbocycles. The summed E-state index contributed by atoms with van der Waals surface area (Å²) < 4.78 is 2.01. The van der Waals surface area contributed by atoms with Crippen molar-refractivity contribution in [3.63, 3.8) is 0 Å². The van der Waals surface area contributed by atoms with Gasteiger partial charge in [-0.2, -0.15) is 10.2 Å². The molecular weight excluding hydrogens is 456 g/mol. The number of rotatable bonds is 5. The molecule has 0 radical (unpaired) electrons. The standard InChI is InChI=1S/C16H12Br2N4OS/c17-10-1-5-12(6-2-10)19-21-15-14(20-22-16(15)23)9-24-13-7-3-11(18)4-8-13/h1-8,19H,9H2,(H,21,22,23). The van der Waals surface area contributed by atoms with E-state index in [9.17, 15) is 4.79 Å². The van der Waals surface area contributed by atoms with Crippen molar-refractivity contribution in [3.8, 4) is 0 Å². The van der Waals surface area contributed by atoms with Gasteiger partial charge in [0.15, 0.2) is 5.71 Å². The summed E-state index contributed by atoms with van der Waals surface area (Å²) in [4.78, 5) is 13.0. The second-order valence-electron chi connectivity index (χ2n) is 4.82. The minimum atomic E-state index is -0.300. The molecule has 0 atom stereocenters. The van der Waals surface area contributed by atoms with E-state index in [1.54, 1.807) is 11.8 Å². The molecule has 122 valence electrons. The van der Waals surface area contributed by atoms with Crippen molar-refractivity contribution in [2.24, 2.45) is 10.2 Å². The Kier molecular flexibility index (Phi) is 5.70. The van der Waals surface area contributed by atoms with Crippen molar-refractivity contribution in [2.75, 3.05) is 11.2 Å². The number of thioether (sulfide) groups is 1. The molecule has 8 heteroatoms. The largest absolute Gasteiger partial charge is 0.293 e. The lowest BCUT2D eigenvalue weighted by Crippen LogP contribution is -2.25. The molecule has 1 aliphatic heterocycles. The molecule has 2 aromatic rings. The first-order valence-electron chi connectivity index (χ1n) is 6.97. The SMILES string of the molecule is O=C1NN=C(CSc2ccc(Br)cc2)/C1=N/Nc1ccc(Br)cc1. The van der Waals surface area contributed by atoms with Crippen molar-refractivity contribution < 1.29 is 4.79 Å². The van der Waals surface area contributed by atoms with Crippen LogP contribution in [0.5, 0.6) is 0 Å². The van der Waals surface area contributed by atoms with E-state index in [0.29, 0.717) is 17.2 Å². The zero-order valence-corrected chi connectivity index (χ0v) is 16.3. The van der Waals surface area contributed by atoms with E-state index in [2.05, 4.69) is 52.9 Å². The van der Waals surface area contributed by atoms with Crippen LogP contribution in [0.2, 0.25) is 0 Å². The van der Waals surface area contributed by atoms with Crippen LogP contribution < -0.4 is 10.9 Å². The van der Waals surface area contributed by atoms with E-state index in [4.69, 9.17) is 0 Å². The Hall–Kier alpha value is -1.64. The highest BCUT2D eigenvalue weighted by Crippen LogP contribution is 2.21. The van der Waals surface area contributed by atoms with Crippen molar-refractivity contribution >= 4 is 66.6 Å². The first-order chi connectivity index (χ1) is 11.6. The summed E-state index contributed by atoms with van der Waals surface area (Å²) in [5.41, 5.74) is 7.08. The maximum Gasteiger partial charge on any atom is 0.293 e. The Morgan fingerprint density at radius 3 is 2.33 bits per heavy atom. The summed E-state index contributed by atoms with van der Waals surface area (Å²) >= 11 is 8.38. The topological polar surface area (TPSA) is 65.8 Å². The molecule has 0 saturated carbocycles. The Labute approximate surface area is 160 Å². The van der Waals surface area contributed by atoms with Gasteiger partial charge < -0.3 is 0 Å². The Morgan fingerprint density at radius 1 is 1.04 bits per heavy atom. The molecule has 0 spiro atoms. The molecular formula is C16H12Br2N4OS. The van der Waals surface area contributed by atoms with Gasteiger partial charge in [0, 0.05) is 19.6 Å². The molecule has 0 fully saturated rings. The van der Waals surface area contributed by atoms with Crippen molar-refractivity contribution in [2.45, 2.75) is 4.90 Å². The smallest absolute Gasteiger partial charge is 0.278 e. The molecule has 0 saturated heterocycles. The van der Waals surface area contributed by atoms with Crippen LogP contribution in [0.15, 0.2) is 72.6 Å². The molecule has 2 aromatic carbocycles. The first kappa shape index (κ1) is 17.2. The number of hydrazone groups is 2. The number of halogens is 2. The fourth-order valence-electron chi connectivity index (χ4n) is 1.90. The second kappa shape index (κ2) is 7.96. The number of hydrogen-bond donors (Lipinski definition) is 2. The lowest BCUT2D eigenvalue weighted by atomic mass is 10.2. The van der Waals surface area contributed by atoms with E-state index >= 15 is 0 Å². The molecule has 3 rings (SSSR count). The van der Waals surface area contributed by atoms with Crippen LogP contribution in [0.3, 0.4) is 0 Å². The zero-order chi connectivity index (χ0) is 16.9. The third-order valence-electron chi connectivity index (χ3n) is 3.11. The quantitative estimate of drug-likeness (QED) is 0.510. The Bertz CT molecular complexity index is 804. The van der Waals surface area contributed by atoms with E-state index in [1.807, 2.05) is 48.5 Å². The Morgan fingerprint density at radius 2 is 1.67 bits per heavy atom. The molecule has 24 heavy (non-hydrogen) atoms. The summed E-state index contributed by atoms with van der Waals surface area (Å²) in [5.74, 6) is 0.257. The van der Waals surface area contributed by atoms with Gasteiger partial charge in [-0.3, -0.25) is 10.2 Å². The van der Waals surface area contributed by atoms with Gasteiger partial charge in [0.1, 0.15) is 5.71 Å². The van der Waals surface area contributed by atoms with E-state index in [-0.39, 0.29) is 5.91 Å². The normalized spacial score (nSPS) is 15.3. The minimum absolute atomic E-state index is 0.300. The van der Waals surface area contributed by atoms with Crippen LogP contribution in [-0.2, 0) is 4.79 Å². The third kappa shape index (κ3) is 4.46.